The summed E-state index contributed by atoms with van der Waals surface area (Å²) < 4.78 is 18.6. The highest BCUT2D eigenvalue weighted by molar-refractivity contribution is 6.00. The molecule has 0 radical (unpaired) electrons. The summed E-state index contributed by atoms with van der Waals surface area (Å²) in [6.07, 6.45) is 2.47. The number of nitrogens with one attached hydrogen (secondary N) is 2. The molecule has 1 fully saturated rings. The summed E-state index contributed by atoms with van der Waals surface area (Å²) in [5.41, 5.74) is 0.898. The van der Waals surface area contributed by atoms with Gasteiger partial charge in [-0.2, -0.15) is 0 Å². The molecule has 5 nitrogen and oxygen atoms in total. The normalized spacial score (nSPS) is 14.7. The van der Waals surface area contributed by atoms with E-state index in [9.17, 15) is 14.0 Å². The molecule has 0 aromatic heterocycles. The van der Waals surface area contributed by atoms with Crippen molar-refractivity contribution in [3.05, 3.63) is 59.9 Å². The Balaban J connectivity index is 1.63. The van der Waals surface area contributed by atoms with Crippen molar-refractivity contribution in [2.75, 3.05) is 18.5 Å². The molecule has 1 saturated carbocycles. The van der Waals surface area contributed by atoms with Crippen LogP contribution >= 0.6 is 0 Å². The van der Waals surface area contributed by atoms with Crippen LogP contribution in [0, 0.1) is 5.82 Å². The van der Waals surface area contributed by atoms with Crippen LogP contribution in [0.1, 0.15) is 31.7 Å². The highest BCUT2D eigenvalue weighted by Crippen LogP contribution is 2.44. The topological polar surface area (TPSA) is 67.4 Å². The Morgan fingerprint density at radius 1 is 1.07 bits per heavy atom. The zero-order valence-corrected chi connectivity index (χ0v) is 15.3. The van der Waals surface area contributed by atoms with E-state index in [-0.39, 0.29) is 24.2 Å². The largest absolute Gasteiger partial charge is 0.484 e. The Kier molecular flexibility index (Phi) is 5.74. The zero-order chi connectivity index (χ0) is 19.3. The number of hydrogen-bond donors (Lipinski definition) is 2. The van der Waals surface area contributed by atoms with Gasteiger partial charge in [0.25, 0.3) is 5.91 Å². The minimum atomic E-state index is -0.596. The Morgan fingerprint density at radius 3 is 2.30 bits per heavy atom. The summed E-state index contributed by atoms with van der Waals surface area (Å²) in [7, 11) is 0. The van der Waals surface area contributed by atoms with Gasteiger partial charge in [0.05, 0.1) is 5.41 Å². The number of carbonyl (C=O) groups excluding carboxylic acids is 2. The van der Waals surface area contributed by atoms with E-state index >= 15 is 0 Å². The number of hydrogen-bond acceptors (Lipinski definition) is 3. The molecular weight excluding hydrogens is 347 g/mol. The lowest BCUT2D eigenvalue weighted by atomic mass is 9.64. The van der Waals surface area contributed by atoms with E-state index in [4.69, 9.17) is 4.74 Å². The van der Waals surface area contributed by atoms with Gasteiger partial charge in [-0.25, -0.2) is 4.39 Å². The number of ether oxygens (including phenoxy) is 1. The number of amides is 2. The van der Waals surface area contributed by atoms with Crippen LogP contribution in [-0.4, -0.2) is 25.0 Å². The molecule has 2 N–H and O–H groups in total. The smallest absolute Gasteiger partial charge is 0.257 e. The number of rotatable bonds is 7. The van der Waals surface area contributed by atoms with Gasteiger partial charge < -0.3 is 15.4 Å². The molecule has 27 heavy (non-hydrogen) atoms. The van der Waals surface area contributed by atoms with Crippen molar-refractivity contribution < 1.29 is 18.7 Å². The number of carbonyl (C=O) groups is 2. The predicted molar refractivity (Wildman–Crippen MR) is 101 cm³/mol. The summed E-state index contributed by atoms with van der Waals surface area (Å²) >= 11 is 0. The molecule has 142 valence electrons. The van der Waals surface area contributed by atoms with Gasteiger partial charge in [-0.15, -0.1) is 0 Å². The van der Waals surface area contributed by atoms with Crippen LogP contribution in [0.2, 0.25) is 0 Å². The lowest BCUT2D eigenvalue weighted by Gasteiger charge is -2.40. The molecule has 2 amide bonds. The fraction of sp³-hybridized carbons (Fsp3) is 0.333. The molecular formula is C21H23FN2O3. The first-order chi connectivity index (χ1) is 13.0. The second-order valence-corrected chi connectivity index (χ2v) is 6.66. The molecule has 1 aliphatic rings. The van der Waals surface area contributed by atoms with Gasteiger partial charge in [0.2, 0.25) is 5.91 Å². The number of anilines is 1. The van der Waals surface area contributed by atoms with Crippen molar-refractivity contribution >= 4 is 17.5 Å². The number of halogens is 1. The van der Waals surface area contributed by atoms with E-state index in [1.807, 2.05) is 6.92 Å². The van der Waals surface area contributed by atoms with Gasteiger partial charge in [0.15, 0.2) is 6.61 Å². The Morgan fingerprint density at radius 2 is 1.74 bits per heavy atom. The summed E-state index contributed by atoms with van der Waals surface area (Å²) in [5.74, 6) is -0.0227. The first-order valence-corrected chi connectivity index (χ1v) is 9.10. The SMILES string of the molecule is CCNC(=O)COc1ccc(NC(=O)C2(c3ccc(F)cc3)CCC2)cc1. The van der Waals surface area contributed by atoms with Crippen molar-refractivity contribution in [2.45, 2.75) is 31.6 Å². The standard InChI is InChI=1S/C21H23FN2O3/c1-2-23-19(25)14-27-18-10-8-17(9-11-18)24-20(26)21(12-3-13-21)15-4-6-16(22)7-5-15/h4-11H,2-3,12-14H2,1H3,(H,23,25)(H,24,26). The second-order valence-electron chi connectivity index (χ2n) is 6.66. The molecule has 2 aromatic rings. The van der Waals surface area contributed by atoms with Crippen LogP contribution in [0.15, 0.2) is 48.5 Å². The maximum Gasteiger partial charge on any atom is 0.257 e. The minimum Gasteiger partial charge on any atom is -0.484 e. The van der Waals surface area contributed by atoms with Crippen LogP contribution in [0.3, 0.4) is 0 Å². The van der Waals surface area contributed by atoms with Gasteiger partial charge in [0, 0.05) is 12.2 Å². The van der Waals surface area contributed by atoms with E-state index in [0.29, 0.717) is 18.0 Å². The quantitative estimate of drug-likeness (QED) is 0.785. The number of benzene rings is 2. The van der Waals surface area contributed by atoms with Crippen molar-refractivity contribution in [3.8, 4) is 5.75 Å². The molecule has 0 spiro atoms. The van der Waals surface area contributed by atoms with Crippen LogP contribution in [0.4, 0.5) is 10.1 Å². The van der Waals surface area contributed by atoms with Crippen molar-refractivity contribution in [1.82, 2.24) is 5.32 Å². The molecule has 0 unspecified atom stereocenters. The van der Waals surface area contributed by atoms with E-state index in [1.165, 1.54) is 12.1 Å². The lowest BCUT2D eigenvalue weighted by molar-refractivity contribution is -0.124. The Bertz CT molecular complexity index is 799. The van der Waals surface area contributed by atoms with Gasteiger partial charge in [-0.05, 0) is 61.7 Å². The fourth-order valence-corrected chi connectivity index (χ4v) is 3.23. The second kappa shape index (κ2) is 8.20. The third kappa shape index (κ3) is 4.27. The van der Waals surface area contributed by atoms with Crippen LogP contribution in [0.5, 0.6) is 5.75 Å². The average Bonchev–Trinajstić information content (AvgIpc) is 2.62. The van der Waals surface area contributed by atoms with Crippen LogP contribution < -0.4 is 15.4 Å². The van der Waals surface area contributed by atoms with Gasteiger partial charge in [0.1, 0.15) is 11.6 Å². The maximum absolute atomic E-state index is 13.2. The van der Waals surface area contributed by atoms with Gasteiger partial charge in [-0.1, -0.05) is 18.6 Å². The van der Waals surface area contributed by atoms with E-state index in [1.54, 1.807) is 36.4 Å². The van der Waals surface area contributed by atoms with E-state index in [0.717, 1.165) is 24.8 Å². The summed E-state index contributed by atoms with van der Waals surface area (Å²) in [5, 5.41) is 5.60. The van der Waals surface area contributed by atoms with Gasteiger partial charge in [-0.3, -0.25) is 9.59 Å². The Hall–Kier alpha value is -2.89. The first-order valence-electron chi connectivity index (χ1n) is 9.10. The summed E-state index contributed by atoms with van der Waals surface area (Å²) in [6.45, 7) is 2.35. The van der Waals surface area contributed by atoms with Gasteiger partial charge >= 0.3 is 0 Å². The summed E-state index contributed by atoms with van der Waals surface area (Å²) in [6, 6.07) is 13.1. The highest BCUT2D eigenvalue weighted by atomic mass is 19.1. The molecule has 0 heterocycles. The Labute approximate surface area is 157 Å². The van der Waals surface area contributed by atoms with E-state index < -0.39 is 5.41 Å². The molecule has 0 saturated heterocycles. The van der Waals surface area contributed by atoms with Crippen molar-refractivity contribution in [2.24, 2.45) is 0 Å². The summed E-state index contributed by atoms with van der Waals surface area (Å²) in [4.78, 5) is 24.3. The molecule has 0 atom stereocenters. The highest BCUT2D eigenvalue weighted by Gasteiger charge is 2.45. The molecule has 0 bridgehead atoms. The van der Waals surface area contributed by atoms with Crippen LogP contribution in [0.25, 0.3) is 0 Å². The van der Waals surface area contributed by atoms with Crippen LogP contribution in [-0.2, 0) is 15.0 Å². The fourth-order valence-electron chi connectivity index (χ4n) is 3.23. The van der Waals surface area contributed by atoms with Crippen molar-refractivity contribution in [3.63, 3.8) is 0 Å². The molecule has 1 aliphatic carbocycles. The third-order valence-electron chi connectivity index (χ3n) is 4.89. The lowest BCUT2D eigenvalue weighted by Crippen LogP contribution is -2.46. The molecule has 0 aliphatic heterocycles. The minimum absolute atomic E-state index is 0.0484. The predicted octanol–water partition coefficient (Wildman–Crippen LogP) is 3.40. The molecule has 6 heteroatoms. The van der Waals surface area contributed by atoms with Crippen molar-refractivity contribution in [1.29, 1.82) is 0 Å². The zero-order valence-electron chi connectivity index (χ0n) is 15.3. The monoisotopic (exact) mass is 370 g/mol. The molecule has 3 rings (SSSR count). The third-order valence-corrected chi connectivity index (χ3v) is 4.89. The average molecular weight is 370 g/mol. The number of likely N-dealkylation sites (N-methyl/N-ethyl adjacent to an activating group) is 1. The maximum atomic E-state index is 13.2. The first kappa shape index (κ1) is 18.9. The van der Waals surface area contributed by atoms with E-state index in [2.05, 4.69) is 10.6 Å². The molecule has 2 aromatic carbocycles.